The molecule has 2 aromatic rings. The molecular formula is C11H14N4. The molecule has 78 valence electrons. The first-order valence-corrected chi connectivity index (χ1v) is 4.82. The number of para-hydroxylation sites is 1. The second kappa shape index (κ2) is 4.04. The lowest BCUT2D eigenvalue weighted by Crippen LogP contribution is -2.06. The zero-order valence-corrected chi connectivity index (χ0v) is 8.64. The Hall–Kier alpha value is -1.97. The van der Waals surface area contributed by atoms with Gasteiger partial charge in [0.1, 0.15) is 0 Å². The van der Waals surface area contributed by atoms with E-state index in [1.807, 2.05) is 42.1 Å². The van der Waals surface area contributed by atoms with Crippen LogP contribution in [0.4, 0.5) is 11.6 Å². The van der Waals surface area contributed by atoms with Crippen LogP contribution in [-0.4, -0.2) is 9.55 Å². The van der Waals surface area contributed by atoms with Gasteiger partial charge in [-0.15, -0.1) is 0 Å². The fourth-order valence-electron chi connectivity index (χ4n) is 1.41. The Bertz CT molecular complexity index is 447. The summed E-state index contributed by atoms with van der Waals surface area (Å²) in [6.07, 6.45) is 3.66. The van der Waals surface area contributed by atoms with Crippen molar-refractivity contribution in [2.75, 3.05) is 11.1 Å². The van der Waals surface area contributed by atoms with Crippen molar-refractivity contribution in [2.45, 2.75) is 6.54 Å². The van der Waals surface area contributed by atoms with Crippen LogP contribution in [0.15, 0.2) is 36.7 Å². The summed E-state index contributed by atoms with van der Waals surface area (Å²) in [4.78, 5) is 4.17. The molecule has 0 radical (unpaired) electrons. The number of nitrogen functional groups attached to an aromatic ring is 1. The maximum absolute atomic E-state index is 5.83. The molecule has 4 heteroatoms. The van der Waals surface area contributed by atoms with Crippen molar-refractivity contribution in [3.8, 4) is 0 Å². The van der Waals surface area contributed by atoms with Crippen LogP contribution in [0.25, 0.3) is 0 Å². The molecule has 0 atom stereocenters. The van der Waals surface area contributed by atoms with Gasteiger partial charge in [0, 0.05) is 31.7 Å². The molecule has 1 aromatic carbocycles. The predicted octanol–water partition coefficient (Wildman–Crippen LogP) is 1.61. The smallest absolute Gasteiger partial charge is 0.202 e. The largest absolute Gasteiger partial charge is 0.398 e. The average Bonchev–Trinajstić information content (AvgIpc) is 2.63. The van der Waals surface area contributed by atoms with Crippen molar-refractivity contribution in [1.29, 1.82) is 0 Å². The van der Waals surface area contributed by atoms with Gasteiger partial charge in [-0.25, -0.2) is 4.98 Å². The third-order valence-electron chi connectivity index (χ3n) is 2.31. The summed E-state index contributed by atoms with van der Waals surface area (Å²) >= 11 is 0. The van der Waals surface area contributed by atoms with Gasteiger partial charge in [-0.05, 0) is 11.6 Å². The summed E-state index contributed by atoms with van der Waals surface area (Å²) in [7, 11) is 1.95. The monoisotopic (exact) mass is 202 g/mol. The molecule has 0 unspecified atom stereocenters. The van der Waals surface area contributed by atoms with Gasteiger partial charge in [0.2, 0.25) is 5.95 Å². The molecule has 3 N–H and O–H groups in total. The van der Waals surface area contributed by atoms with Crippen LogP contribution in [0.3, 0.4) is 0 Å². The lowest BCUT2D eigenvalue weighted by Gasteiger charge is -2.07. The Labute approximate surface area is 88.7 Å². The van der Waals surface area contributed by atoms with Crippen LogP contribution in [-0.2, 0) is 13.6 Å². The van der Waals surface area contributed by atoms with Crippen molar-refractivity contribution in [3.63, 3.8) is 0 Å². The molecule has 0 aliphatic rings. The van der Waals surface area contributed by atoms with Gasteiger partial charge in [-0.2, -0.15) is 0 Å². The van der Waals surface area contributed by atoms with Gasteiger partial charge >= 0.3 is 0 Å². The number of nitrogens with two attached hydrogens (primary N) is 1. The second-order valence-corrected chi connectivity index (χ2v) is 3.41. The summed E-state index contributed by atoms with van der Waals surface area (Å²) in [6.45, 7) is 0.692. The maximum atomic E-state index is 5.83. The van der Waals surface area contributed by atoms with Crippen molar-refractivity contribution in [3.05, 3.63) is 42.2 Å². The first-order chi connectivity index (χ1) is 7.27. The zero-order valence-electron chi connectivity index (χ0n) is 8.64. The van der Waals surface area contributed by atoms with E-state index in [2.05, 4.69) is 10.3 Å². The van der Waals surface area contributed by atoms with E-state index in [9.17, 15) is 0 Å². The molecule has 0 spiro atoms. The van der Waals surface area contributed by atoms with Crippen LogP contribution in [0.2, 0.25) is 0 Å². The van der Waals surface area contributed by atoms with E-state index < -0.39 is 0 Å². The average molecular weight is 202 g/mol. The van der Waals surface area contributed by atoms with Gasteiger partial charge in [-0.1, -0.05) is 18.2 Å². The number of benzene rings is 1. The highest BCUT2D eigenvalue weighted by molar-refractivity contribution is 5.47. The van der Waals surface area contributed by atoms with E-state index in [4.69, 9.17) is 5.73 Å². The molecule has 1 heterocycles. The van der Waals surface area contributed by atoms with Crippen LogP contribution < -0.4 is 11.1 Å². The Morgan fingerprint density at radius 1 is 1.40 bits per heavy atom. The standard InChI is InChI=1S/C11H14N4/c1-15-7-6-13-11(15)14-8-9-4-2-3-5-10(9)12/h2-7H,8,12H2,1H3,(H,13,14). The lowest BCUT2D eigenvalue weighted by atomic mass is 10.2. The first kappa shape index (κ1) is 9.58. The van der Waals surface area contributed by atoms with Gasteiger partial charge in [0.05, 0.1) is 0 Å². The van der Waals surface area contributed by atoms with Crippen LogP contribution in [0.1, 0.15) is 5.56 Å². The molecule has 0 aliphatic carbocycles. The molecule has 0 bridgehead atoms. The van der Waals surface area contributed by atoms with Gasteiger partial charge in [-0.3, -0.25) is 0 Å². The highest BCUT2D eigenvalue weighted by Crippen LogP contribution is 2.12. The van der Waals surface area contributed by atoms with Gasteiger partial charge in [0.25, 0.3) is 0 Å². The number of rotatable bonds is 3. The number of hydrogen-bond acceptors (Lipinski definition) is 3. The topological polar surface area (TPSA) is 55.9 Å². The number of nitrogens with one attached hydrogen (secondary N) is 1. The minimum atomic E-state index is 0.692. The SMILES string of the molecule is Cn1ccnc1NCc1ccccc1N. The molecule has 0 fully saturated rings. The summed E-state index contributed by atoms with van der Waals surface area (Å²) in [5.74, 6) is 0.846. The number of imidazole rings is 1. The third-order valence-corrected chi connectivity index (χ3v) is 2.31. The van der Waals surface area contributed by atoms with Crippen molar-refractivity contribution >= 4 is 11.6 Å². The molecule has 15 heavy (non-hydrogen) atoms. The van der Waals surface area contributed by atoms with Crippen molar-refractivity contribution in [2.24, 2.45) is 7.05 Å². The Morgan fingerprint density at radius 3 is 2.87 bits per heavy atom. The lowest BCUT2D eigenvalue weighted by molar-refractivity contribution is 0.900. The number of nitrogens with zero attached hydrogens (tertiary/aromatic N) is 2. The zero-order chi connectivity index (χ0) is 10.7. The first-order valence-electron chi connectivity index (χ1n) is 4.82. The summed E-state index contributed by atoms with van der Waals surface area (Å²) in [6, 6.07) is 7.81. The number of aryl methyl sites for hydroxylation is 1. The van der Waals surface area contributed by atoms with Crippen LogP contribution in [0.5, 0.6) is 0 Å². The molecule has 1 aromatic heterocycles. The molecule has 0 saturated carbocycles. The number of anilines is 2. The van der Waals surface area contributed by atoms with Gasteiger partial charge < -0.3 is 15.6 Å². The van der Waals surface area contributed by atoms with Gasteiger partial charge in [0.15, 0.2) is 0 Å². The molecule has 0 amide bonds. The number of hydrogen-bond donors (Lipinski definition) is 2. The Kier molecular flexibility index (Phi) is 2.58. The van der Waals surface area contributed by atoms with Crippen molar-refractivity contribution in [1.82, 2.24) is 9.55 Å². The van der Waals surface area contributed by atoms with E-state index in [-0.39, 0.29) is 0 Å². The fraction of sp³-hybridized carbons (Fsp3) is 0.182. The summed E-state index contributed by atoms with van der Waals surface area (Å²) < 4.78 is 1.93. The van der Waals surface area contributed by atoms with E-state index in [1.165, 1.54) is 0 Å². The molecule has 2 rings (SSSR count). The summed E-state index contributed by atoms with van der Waals surface area (Å²) in [5, 5.41) is 3.22. The molecule has 0 saturated heterocycles. The maximum Gasteiger partial charge on any atom is 0.202 e. The Morgan fingerprint density at radius 2 is 2.20 bits per heavy atom. The molecular weight excluding hydrogens is 188 g/mol. The van der Waals surface area contributed by atoms with E-state index in [0.717, 1.165) is 17.2 Å². The van der Waals surface area contributed by atoms with E-state index >= 15 is 0 Å². The summed E-state index contributed by atoms with van der Waals surface area (Å²) in [5.41, 5.74) is 7.72. The Balaban J connectivity index is 2.06. The van der Waals surface area contributed by atoms with E-state index in [0.29, 0.717) is 6.54 Å². The van der Waals surface area contributed by atoms with Crippen LogP contribution >= 0.6 is 0 Å². The van der Waals surface area contributed by atoms with E-state index in [1.54, 1.807) is 6.20 Å². The normalized spacial score (nSPS) is 10.2. The number of aromatic nitrogens is 2. The molecule has 0 aliphatic heterocycles. The van der Waals surface area contributed by atoms with Crippen LogP contribution in [0, 0.1) is 0 Å². The predicted molar refractivity (Wildman–Crippen MR) is 61.4 cm³/mol. The third kappa shape index (κ3) is 2.10. The highest BCUT2D eigenvalue weighted by atomic mass is 15.2. The highest BCUT2D eigenvalue weighted by Gasteiger charge is 2.00. The molecule has 4 nitrogen and oxygen atoms in total. The van der Waals surface area contributed by atoms with Crippen molar-refractivity contribution < 1.29 is 0 Å². The quantitative estimate of drug-likeness (QED) is 0.743. The minimum Gasteiger partial charge on any atom is -0.398 e. The second-order valence-electron chi connectivity index (χ2n) is 3.41. The minimum absolute atomic E-state index is 0.692. The fourth-order valence-corrected chi connectivity index (χ4v) is 1.41.